The van der Waals surface area contributed by atoms with Crippen molar-refractivity contribution in [2.45, 2.75) is 38.1 Å². The second-order valence-electron chi connectivity index (χ2n) is 5.59. The van der Waals surface area contributed by atoms with Gasteiger partial charge in [-0.3, -0.25) is 4.79 Å². The van der Waals surface area contributed by atoms with Crippen molar-refractivity contribution in [3.63, 3.8) is 0 Å². The van der Waals surface area contributed by atoms with Crippen LogP contribution in [0.3, 0.4) is 0 Å². The van der Waals surface area contributed by atoms with E-state index in [0.29, 0.717) is 23.1 Å². The molecule has 1 aromatic heterocycles. The van der Waals surface area contributed by atoms with Gasteiger partial charge in [0.15, 0.2) is 0 Å². The molecule has 1 aromatic rings. The first-order chi connectivity index (χ1) is 9.58. The molecule has 1 heterocycles. The summed E-state index contributed by atoms with van der Waals surface area (Å²) in [4.78, 5) is 16.3. The van der Waals surface area contributed by atoms with Gasteiger partial charge in [-0.15, -0.1) is 11.6 Å². The Kier molecular flexibility index (Phi) is 4.61. The van der Waals surface area contributed by atoms with Crippen molar-refractivity contribution in [2.75, 3.05) is 5.88 Å². The molecule has 5 heteroatoms. The first kappa shape index (κ1) is 14.8. The highest BCUT2D eigenvalue weighted by Gasteiger charge is 2.35. The molecule has 1 fully saturated rings. The molecule has 0 atom stereocenters. The lowest BCUT2D eigenvalue weighted by atomic mass is 9.78. The molecule has 20 heavy (non-hydrogen) atoms. The zero-order valence-electron chi connectivity index (χ0n) is 11.5. The fourth-order valence-electron chi connectivity index (χ4n) is 2.51. The van der Waals surface area contributed by atoms with E-state index in [2.05, 4.69) is 17.2 Å². The van der Waals surface area contributed by atoms with Crippen molar-refractivity contribution in [1.82, 2.24) is 10.3 Å². The molecule has 2 rings (SSSR count). The molecule has 0 spiro atoms. The maximum atomic E-state index is 12.2. The van der Waals surface area contributed by atoms with E-state index >= 15 is 0 Å². The van der Waals surface area contributed by atoms with Crippen LogP contribution in [-0.2, 0) is 0 Å². The maximum Gasteiger partial charge on any atom is 0.270 e. The van der Waals surface area contributed by atoms with Crippen LogP contribution in [0.15, 0.2) is 18.3 Å². The van der Waals surface area contributed by atoms with Gasteiger partial charge in [-0.1, -0.05) is 6.92 Å². The number of rotatable bonds is 3. The van der Waals surface area contributed by atoms with Crippen molar-refractivity contribution in [1.29, 1.82) is 5.26 Å². The number of carbonyl (C=O) groups excluding carboxylic acids is 1. The lowest BCUT2D eigenvalue weighted by molar-refractivity contribution is 0.0867. The number of hydrogen-bond donors (Lipinski definition) is 1. The predicted molar refractivity (Wildman–Crippen MR) is 77.5 cm³/mol. The average Bonchev–Trinajstić information content (AvgIpc) is 2.50. The minimum Gasteiger partial charge on any atom is -0.344 e. The summed E-state index contributed by atoms with van der Waals surface area (Å²) in [7, 11) is 0. The molecule has 1 aliphatic rings. The van der Waals surface area contributed by atoms with Gasteiger partial charge in [0.1, 0.15) is 11.8 Å². The van der Waals surface area contributed by atoms with Crippen molar-refractivity contribution in [3.05, 3.63) is 29.6 Å². The molecule has 0 bridgehead atoms. The third kappa shape index (κ3) is 3.29. The van der Waals surface area contributed by atoms with Gasteiger partial charge in [-0.25, -0.2) is 4.98 Å². The normalized spacial score (nSPS) is 25.8. The zero-order chi connectivity index (χ0) is 14.6. The molecule has 1 N–H and O–H groups in total. The van der Waals surface area contributed by atoms with Crippen molar-refractivity contribution < 1.29 is 4.79 Å². The molecule has 0 aromatic carbocycles. The van der Waals surface area contributed by atoms with Gasteiger partial charge < -0.3 is 5.32 Å². The standard InChI is InChI=1S/C15H18ClN3O/c1-11-4-6-15(10-16,7-5-11)19-14(20)13-3-2-12(8-17)9-18-13/h2-3,9,11H,4-7,10H2,1H3,(H,19,20). The summed E-state index contributed by atoms with van der Waals surface area (Å²) in [5, 5.41) is 11.8. The molecule has 0 aliphatic heterocycles. The molecule has 4 nitrogen and oxygen atoms in total. The summed E-state index contributed by atoms with van der Waals surface area (Å²) < 4.78 is 0. The Morgan fingerprint density at radius 1 is 1.55 bits per heavy atom. The fraction of sp³-hybridized carbons (Fsp3) is 0.533. The zero-order valence-corrected chi connectivity index (χ0v) is 12.3. The molecular formula is C15H18ClN3O. The van der Waals surface area contributed by atoms with Crippen LogP contribution >= 0.6 is 11.6 Å². The summed E-state index contributed by atoms with van der Waals surface area (Å²) >= 11 is 6.09. The molecule has 106 valence electrons. The number of nitriles is 1. The van der Waals surface area contributed by atoms with E-state index in [-0.39, 0.29) is 11.4 Å². The van der Waals surface area contributed by atoms with Gasteiger partial charge in [0, 0.05) is 12.1 Å². The van der Waals surface area contributed by atoms with Crippen LogP contribution in [0.5, 0.6) is 0 Å². The number of pyridine rings is 1. The van der Waals surface area contributed by atoms with Gasteiger partial charge in [0.25, 0.3) is 5.91 Å². The smallest absolute Gasteiger partial charge is 0.270 e. The SMILES string of the molecule is CC1CCC(CCl)(NC(=O)c2ccc(C#N)cn2)CC1. The summed E-state index contributed by atoms with van der Waals surface area (Å²) in [5.74, 6) is 0.892. The lowest BCUT2D eigenvalue weighted by Crippen LogP contribution is -2.52. The number of alkyl halides is 1. The largest absolute Gasteiger partial charge is 0.344 e. The lowest BCUT2D eigenvalue weighted by Gasteiger charge is -2.38. The van der Waals surface area contributed by atoms with Crippen molar-refractivity contribution in [2.24, 2.45) is 5.92 Å². The van der Waals surface area contributed by atoms with Gasteiger partial charge in [-0.05, 0) is 43.7 Å². The van der Waals surface area contributed by atoms with Crippen LogP contribution in [0.2, 0.25) is 0 Å². The number of aromatic nitrogens is 1. The molecule has 0 saturated heterocycles. The van der Waals surface area contributed by atoms with Gasteiger partial charge in [0.05, 0.1) is 11.1 Å². The number of halogens is 1. The van der Waals surface area contributed by atoms with Crippen molar-refractivity contribution in [3.8, 4) is 6.07 Å². The minimum atomic E-state index is -0.319. The number of amides is 1. The Labute approximate surface area is 124 Å². The van der Waals surface area contributed by atoms with Crippen LogP contribution in [0, 0.1) is 17.2 Å². The second-order valence-corrected chi connectivity index (χ2v) is 5.86. The van der Waals surface area contributed by atoms with E-state index in [1.54, 1.807) is 12.1 Å². The first-order valence-electron chi connectivity index (χ1n) is 6.83. The Bertz CT molecular complexity index is 513. The number of nitrogens with one attached hydrogen (secondary N) is 1. The molecular weight excluding hydrogens is 274 g/mol. The topological polar surface area (TPSA) is 65.8 Å². The Balaban J connectivity index is 2.07. The third-order valence-corrected chi connectivity index (χ3v) is 4.50. The minimum absolute atomic E-state index is 0.218. The summed E-state index contributed by atoms with van der Waals surface area (Å²) in [6.07, 6.45) is 5.37. The average molecular weight is 292 g/mol. The van der Waals surface area contributed by atoms with E-state index in [1.165, 1.54) is 6.20 Å². The molecule has 1 amide bonds. The highest BCUT2D eigenvalue weighted by molar-refractivity contribution is 6.19. The van der Waals surface area contributed by atoms with Gasteiger partial charge >= 0.3 is 0 Å². The van der Waals surface area contributed by atoms with E-state index in [9.17, 15) is 4.79 Å². The predicted octanol–water partition coefficient (Wildman–Crippen LogP) is 2.87. The van der Waals surface area contributed by atoms with Gasteiger partial charge in [0.2, 0.25) is 0 Å². The Morgan fingerprint density at radius 2 is 2.25 bits per heavy atom. The summed E-state index contributed by atoms with van der Waals surface area (Å²) in [5.41, 5.74) is 0.452. The van der Waals surface area contributed by atoms with Crippen LogP contribution in [0.1, 0.15) is 48.7 Å². The highest BCUT2D eigenvalue weighted by atomic mass is 35.5. The molecule has 1 aliphatic carbocycles. The number of carbonyl (C=O) groups is 1. The summed E-state index contributed by atoms with van der Waals surface area (Å²) in [6.45, 7) is 2.22. The highest BCUT2D eigenvalue weighted by Crippen LogP contribution is 2.32. The fourth-order valence-corrected chi connectivity index (χ4v) is 2.84. The number of nitrogens with zero attached hydrogens (tertiary/aromatic N) is 2. The molecule has 0 unspecified atom stereocenters. The van der Waals surface area contributed by atoms with Gasteiger partial charge in [-0.2, -0.15) is 5.26 Å². The summed E-state index contributed by atoms with van der Waals surface area (Å²) in [6, 6.07) is 5.15. The third-order valence-electron chi connectivity index (χ3n) is 3.99. The molecule has 0 radical (unpaired) electrons. The quantitative estimate of drug-likeness (QED) is 0.871. The Hall–Kier alpha value is -1.60. The van der Waals surface area contributed by atoms with E-state index in [1.807, 2.05) is 6.07 Å². The van der Waals surface area contributed by atoms with Crippen LogP contribution in [0.4, 0.5) is 0 Å². The van der Waals surface area contributed by atoms with Crippen LogP contribution in [0.25, 0.3) is 0 Å². The Morgan fingerprint density at radius 3 is 2.75 bits per heavy atom. The van der Waals surface area contributed by atoms with Crippen LogP contribution < -0.4 is 5.32 Å². The first-order valence-corrected chi connectivity index (χ1v) is 7.37. The van der Waals surface area contributed by atoms with Crippen LogP contribution in [-0.4, -0.2) is 22.3 Å². The van der Waals surface area contributed by atoms with E-state index < -0.39 is 0 Å². The molecule has 1 saturated carbocycles. The monoisotopic (exact) mass is 291 g/mol. The second kappa shape index (κ2) is 6.23. The van der Waals surface area contributed by atoms with E-state index in [4.69, 9.17) is 16.9 Å². The number of hydrogen-bond acceptors (Lipinski definition) is 3. The van der Waals surface area contributed by atoms with E-state index in [0.717, 1.165) is 25.7 Å². The maximum absolute atomic E-state index is 12.2. The van der Waals surface area contributed by atoms with Crippen molar-refractivity contribution >= 4 is 17.5 Å².